The summed E-state index contributed by atoms with van der Waals surface area (Å²) >= 11 is 6.11. The largest absolute Gasteiger partial charge is 0.489 e. The molecule has 102 valence electrons. The Labute approximate surface area is 115 Å². The molecular weight excluding hydrogens is 248 g/mol. The van der Waals surface area contributed by atoms with Crippen LogP contribution < -0.4 is 4.74 Å². The normalized spacial score (nSPS) is 12.6. The summed E-state index contributed by atoms with van der Waals surface area (Å²) in [5, 5.41) is 10.3. The highest BCUT2D eigenvalue weighted by Gasteiger charge is 2.20. The average molecular weight is 271 g/mol. The second-order valence-corrected chi connectivity index (χ2v) is 6.39. The highest BCUT2D eigenvalue weighted by Crippen LogP contribution is 2.33. The van der Waals surface area contributed by atoms with E-state index in [4.69, 9.17) is 16.3 Å². The lowest BCUT2D eigenvalue weighted by Crippen LogP contribution is -2.28. The molecule has 18 heavy (non-hydrogen) atoms. The Morgan fingerprint density at radius 3 is 2.33 bits per heavy atom. The van der Waals surface area contributed by atoms with E-state index in [-0.39, 0.29) is 12.0 Å². The zero-order valence-electron chi connectivity index (χ0n) is 11.9. The minimum Gasteiger partial charge on any atom is -0.489 e. The summed E-state index contributed by atoms with van der Waals surface area (Å²) in [6.07, 6.45) is 1.04. The summed E-state index contributed by atoms with van der Waals surface area (Å²) in [4.78, 5) is 0. The first-order chi connectivity index (χ1) is 8.15. The van der Waals surface area contributed by atoms with Crippen LogP contribution in [0.5, 0.6) is 5.75 Å². The van der Waals surface area contributed by atoms with Gasteiger partial charge in [0.1, 0.15) is 12.4 Å². The molecule has 0 atom stereocenters. The van der Waals surface area contributed by atoms with Gasteiger partial charge in [0, 0.05) is 0 Å². The number of hydrogen-bond donors (Lipinski definition) is 1. The quantitative estimate of drug-likeness (QED) is 0.870. The van der Waals surface area contributed by atoms with Gasteiger partial charge in [0.15, 0.2) is 0 Å². The zero-order valence-corrected chi connectivity index (χ0v) is 12.6. The van der Waals surface area contributed by atoms with Gasteiger partial charge in [0.2, 0.25) is 0 Å². The molecule has 0 heterocycles. The van der Waals surface area contributed by atoms with Crippen molar-refractivity contribution in [3.63, 3.8) is 0 Å². The van der Waals surface area contributed by atoms with Crippen LogP contribution in [-0.4, -0.2) is 17.3 Å². The van der Waals surface area contributed by atoms with E-state index in [9.17, 15) is 5.11 Å². The van der Waals surface area contributed by atoms with Gasteiger partial charge in [-0.15, -0.1) is 0 Å². The molecule has 0 amide bonds. The molecular formula is C15H23ClO2. The van der Waals surface area contributed by atoms with Crippen LogP contribution in [0.25, 0.3) is 0 Å². The molecule has 3 heteroatoms. The highest BCUT2D eigenvalue weighted by molar-refractivity contribution is 6.32. The van der Waals surface area contributed by atoms with Crippen molar-refractivity contribution in [3.05, 3.63) is 28.8 Å². The topological polar surface area (TPSA) is 29.5 Å². The van der Waals surface area contributed by atoms with Crippen molar-refractivity contribution in [2.45, 2.75) is 52.1 Å². The van der Waals surface area contributed by atoms with Crippen LogP contribution in [0.15, 0.2) is 18.2 Å². The monoisotopic (exact) mass is 270 g/mol. The predicted molar refractivity (Wildman–Crippen MR) is 76.6 cm³/mol. The number of rotatable bonds is 5. The van der Waals surface area contributed by atoms with Crippen LogP contribution in [0.3, 0.4) is 0 Å². The Kier molecular flexibility index (Phi) is 4.68. The Hall–Kier alpha value is -0.730. The Bertz CT molecular complexity index is 405. The van der Waals surface area contributed by atoms with Gasteiger partial charge in [-0.2, -0.15) is 0 Å². The lowest BCUT2D eigenvalue weighted by atomic mass is 9.82. The Morgan fingerprint density at radius 2 is 1.83 bits per heavy atom. The molecule has 0 bridgehead atoms. The molecule has 1 rings (SSSR count). The first kappa shape index (κ1) is 15.3. The summed E-state index contributed by atoms with van der Waals surface area (Å²) in [6, 6.07) is 5.86. The molecule has 0 fully saturated rings. The molecule has 0 unspecified atom stereocenters. The second kappa shape index (κ2) is 5.50. The molecule has 0 aromatic heterocycles. The third-order valence-electron chi connectivity index (χ3n) is 3.18. The molecule has 0 aliphatic carbocycles. The molecule has 1 N–H and O–H groups in total. The molecule has 0 aliphatic rings. The molecule has 0 radical (unpaired) electrons. The molecule has 2 nitrogen and oxygen atoms in total. The molecule has 0 aliphatic heterocycles. The maximum Gasteiger partial charge on any atom is 0.138 e. The summed E-state index contributed by atoms with van der Waals surface area (Å²) in [5.41, 5.74) is 0.428. The van der Waals surface area contributed by atoms with Crippen LogP contribution in [-0.2, 0) is 5.41 Å². The van der Waals surface area contributed by atoms with Crippen LogP contribution in [0, 0.1) is 0 Å². The Balaban J connectivity index is 2.95. The van der Waals surface area contributed by atoms with Crippen molar-refractivity contribution >= 4 is 11.6 Å². The van der Waals surface area contributed by atoms with Crippen LogP contribution >= 0.6 is 11.6 Å². The maximum atomic E-state index is 9.68. The number of benzene rings is 1. The minimum atomic E-state index is -0.862. The van der Waals surface area contributed by atoms with Crippen LogP contribution in [0.2, 0.25) is 5.02 Å². The van der Waals surface area contributed by atoms with Gasteiger partial charge in [-0.1, -0.05) is 38.4 Å². The molecule has 0 saturated heterocycles. The van der Waals surface area contributed by atoms with E-state index in [0.29, 0.717) is 10.8 Å². The number of hydrogen-bond acceptors (Lipinski definition) is 2. The fraction of sp³-hybridized carbons (Fsp3) is 0.600. The van der Waals surface area contributed by atoms with Crippen molar-refractivity contribution < 1.29 is 9.84 Å². The third-order valence-corrected chi connectivity index (χ3v) is 3.49. The van der Waals surface area contributed by atoms with Gasteiger partial charge < -0.3 is 9.84 Å². The smallest absolute Gasteiger partial charge is 0.138 e. The highest BCUT2D eigenvalue weighted by atomic mass is 35.5. The van der Waals surface area contributed by atoms with Gasteiger partial charge in [-0.05, 0) is 43.4 Å². The zero-order chi connectivity index (χ0) is 14.0. The lowest BCUT2D eigenvalue weighted by Gasteiger charge is -2.25. The van der Waals surface area contributed by atoms with Gasteiger partial charge in [0.25, 0.3) is 0 Å². The van der Waals surface area contributed by atoms with E-state index in [1.165, 1.54) is 5.56 Å². The lowest BCUT2D eigenvalue weighted by molar-refractivity contribution is 0.0285. The SMILES string of the molecule is CCC(C)(C)c1ccc(Cl)c(OCC(C)(C)O)c1. The van der Waals surface area contributed by atoms with Crippen molar-refractivity contribution in [1.82, 2.24) is 0 Å². The second-order valence-electron chi connectivity index (χ2n) is 5.98. The van der Waals surface area contributed by atoms with Gasteiger partial charge in [-0.25, -0.2) is 0 Å². The summed E-state index contributed by atoms with van der Waals surface area (Å²) in [7, 11) is 0. The van der Waals surface area contributed by atoms with Crippen LogP contribution in [0.4, 0.5) is 0 Å². The van der Waals surface area contributed by atoms with Gasteiger partial charge in [0.05, 0.1) is 10.6 Å². The first-order valence-corrected chi connectivity index (χ1v) is 6.69. The minimum absolute atomic E-state index is 0.0947. The Morgan fingerprint density at radius 1 is 1.22 bits per heavy atom. The molecule has 1 aromatic carbocycles. The number of ether oxygens (including phenoxy) is 1. The summed E-state index contributed by atoms with van der Waals surface area (Å²) in [6.45, 7) is 10.2. The predicted octanol–water partition coefficient (Wildman–Crippen LogP) is 4.18. The van der Waals surface area contributed by atoms with Gasteiger partial charge in [-0.3, -0.25) is 0 Å². The molecule has 1 aromatic rings. The van der Waals surface area contributed by atoms with Crippen LogP contribution in [0.1, 0.15) is 46.6 Å². The summed E-state index contributed by atoms with van der Waals surface area (Å²) in [5.74, 6) is 0.637. The number of aliphatic hydroxyl groups is 1. The molecule has 0 saturated carbocycles. The standard InChI is InChI=1S/C15H23ClO2/c1-6-14(2,3)11-7-8-12(16)13(9-11)18-10-15(4,5)17/h7-9,17H,6,10H2,1-5H3. The maximum absolute atomic E-state index is 9.68. The van der Waals surface area contributed by atoms with E-state index in [1.807, 2.05) is 18.2 Å². The van der Waals surface area contributed by atoms with E-state index >= 15 is 0 Å². The molecule has 0 spiro atoms. The van der Waals surface area contributed by atoms with E-state index < -0.39 is 5.60 Å². The van der Waals surface area contributed by atoms with Crippen molar-refractivity contribution in [2.75, 3.05) is 6.61 Å². The number of halogens is 1. The van der Waals surface area contributed by atoms with Gasteiger partial charge >= 0.3 is 0 Å². The fourth-order valence-corrected chi connectivity index (χ4v) is 1.67. The van der Waals surface area contributed by atoms with Crippen molar-refractivity contribution in [1.29, 1.82) is 0 Å². The van der Waals surface area contributed by atoms with Crippen molar-refractivity contribution in [3.8, 4) is 5.75 Å². The van der Waals surface area contributed by atoms with E-state index in [2.05, 4.69) is 20.8 Å². The summed E-state index contributed by atoms with van der Waals surface area (Å²) < 4.78 is 5.60. The van der Waals surface area contributed by atoms with E-state index in [1.54, 1.807) is 13.8 Å². The van der Waals surface area contributed by atoms with E-state index in [0.717, 1.165) is 6.42 Å². The first-order valence-electron chi connectivity index (χ1n) is 6.31. The average Bonchev–Trinajstić information content (AvgIpc) is 2.26. The third kappa shape index (κ3) is 4.18. The fourth-order valence-electron chi connectivity index (χ4n) is 1.49. The van der Waals surface area contributed by atoms with Crippen molar-refractivity contribution in [2.24, 2.45) is 0 Å².